The number of hydrogen-bond acceptors (Lipinski definition) is 3. The van der Waals surface area contributed by atoms with E-state index in [4.69, 9.17) is 0 Å². The quantitative estimate of drug-likeness (QED) is 0.717. The fraction of sp³-hybridized carbons (Fsp3) is 1.00. The summed E-state index contributed by atoms with van der Waals surface area (Å²) in [5.74, 6) is 0. The minimum absolute atomic E-state index is 0.449. The molecule has 0 amide bonds. The van der Waals surface area contributed by atoms with Gasteiger partial charge < -0.3 is 15.1 Å². The van der Waals surface area contributed by atoms with Crippen LogP contribution in [-0.2, 0) is 0 Å². The van der Waals surface area contributed by atoms with Gasteiger partial charge in [-0.3, -0.25) is 0 Å². The Morgan fingerprint density at radius 3 is 2.17 bits per heavy atom. The summed E-state index contributed by atoms with van der Waals surface area (Å²) in [6.07, 6.45) is 5.35. The zero-order valence-electron chi connectivity index (χ0n) is 13.3. The molecule has 0 aromatic carbocycles. The van der Waals surface area contributed by atoms with Crippen LogP contribution in [0.1, 0.15) is 46.5 Å². The Morgan fingerprint density at radius 1 is 1.17 bits per heavy atom. The van der Waals surface area contributed by atoms with Gasteiger partial charge >= 0.3 is 0 Å². The van der Waals surface area contributed by atoms with E-state index in [1.165, 1.54) is 32.2 Å². The molecule has 1 aliphatic rings. The van der Waals surface area contributed by atoms with Crippen LogP contribution in [0.2, 0.25) is 0 Å². The van der Waals surface area contributed by atoms with Gasteiger partial charge in [0.25, 0.3) is 0 Å². The molecular formula is C15H33N3. The number of nitrogens with one attached hydrogen (secondary N) is 1. The smallest absolute Gasteiger partial charge is 0.0330 e. The molecule has 0 heterocycles. The van der Waals surface area contributed by atoms with Crippen LogP contribution in [-0.4, -0.2) is 61.7 Å². The van der Waals surface area contributed by atoms with Crippen LogP contribution in [0.5, 0.6) is 0 Å². The van der Waals surface area contributed by atoms with E-state index in [0.29, 0.717) is 17.6 Å². The van der Waals surface area contributed by atoms with Gasteiger partial charge in [-0.15, -0.1) is 0 Å². The number of hydrogen-bond donors (Lipinski definition) is 1. The van der Waals surface area contributed by atoms with Crippen LogP contribution in [0.3, 0.4) is 0 Å². The summed E-state index contributed by atoms with van der Waals surface area (Å²) in [5.41, 5.74) is 0.449. The van der Waals surface area contributed by atoms with E-state index in [9.17, 15) is 0 Å². The normalized spacial score (nSPS) is 22.0. The lowest BCUT2D eigenvalue weighted by Crippen LogP contribution is -2.58. The Labute approximate surface area is 114 Å². The Hall–Kier alpha value is -0.120. The molecule has 0 radical (unpaired) electrons. The van der Waals surface area contributed by atoms with Crippen LogP contribution < -0.4 is 5.32 Å². The molecule has 0 saturated heterocycles. The molecule has 0 bridgehead atoms. The maximum atomic E-state index is 3.51. The maximum Gasteiger partial charge on any atom is 0.0330 e. The largest absolute Gasteiger partial charge is 0.314 e. The molecule has 2 atom stereocenters. The average molecular weight is 255 g/mol. The number of likely N-dealkylation sites (N-methyl/N-ethyl adjacent to an activating group) is 2. The highest BCUT2D eigenvalue weighted by atomic mass is 15.2. The first-order valence-electron chi connectivity index (χ1n) is 7.52. The van der Waals surface area contributed by atoms with Gasteiger partial charge in [0.05, 0.1) is 0 Å². The standard InChI is InChI=1S/C15H33N3/c1-7-16-13(2)11-14(3)18(6)12-15(17(4)5)9-8-10-15/h13-14,16H,7-12H2,1-6H3. The molecule has 3 heteroatoms. The van der Waals surface area contributed by atoms with E-state index in [1.807, 2.05) is 0 Å². The van der Waals surface area contributed by atoms with E-state index >= 15 is 0 Å². The third-order valence-electron chi connectivity index (χ3n) is 4.78. The third-order valence-corrected chi connectivity index (χ3v) is 4.78. The van der Waals surface area contributed by atoms with E-state index in [0.717, 1.165) is 6.54 Å². The molecule has 2 unspecified atom stereocenters. The van der Waals surface area contributed by atoms with Gasteiger partial charge in [-0.05, 0) is 67.2 Å². The highest BCUT2D eigenvalue weighted by Crippen LogP contribution is 2.37. The molecule has 108 valence electrons. The predicted molar refractivity (Wildman–Crippen MR) is 80.1 cm³/mol. The first-order valence-corrected chi connectivity index (χ1v) is 7.52. The lowest BCUT2D eigenvalue weighted by molar-refractivity contribution is 0.0163. The van der Waals surface area contributed by atoms with Crippen molar-refractivity contribution in [1.82, 2.24) is 15.1 Å². The summed E-state index contributed by atoms with van der Waals surface area (Å²) in [7, 11) is 6.75. The van der Waals surface area contributed by atoms with Gasteiger partial charge in [0.15, 0.2) is 0 Å². The summed E-state index contributed by atoms with van der Waals surface area (Å²) < 4.78 is 0. The molecule has 1 rings (SSSR count). The van der Waals surface area contributed by atoms with E-state index in [1.54, 1.807) is 0 Å². The van der Waals surface area contributed by atoms with Crippen LogP contribution in [0, 0.1) is 0 Å². The monoisotopic (exact) mass is 255 g/mol. The topological polar surface area (TPSA) is 18.5 Å². The molecule has 1 aliphatic carbocycles. The molecule has 18 heavy (non-hydrogen) atoms. The zero-order chi connectivity index (χ0) is 13.8. The Kier molecular flexibility index (Phi) is 6.09. The van der Waals surface area contributed by atoms with Crippen molar-refractivity contribution >= 4 is 0 Å². The van der Waals surface area contributed by atoms with Crippen LogP contribution in [0.15, 0.2) is 0 Å². The van der Waals surface area contributed by atoms with Crippen LogP contribution >= 0.6 is 0 Å². The molecule has 1 saturated carbocycles. The molecule has 3 nitrogen and oxygen atoms in total. The Balaban J connectivity index is 2.41. The summed E-state index contributed by atoms with van der Waals surface area (Å²) in [6.45, 7) is 9.11. The molecule has 0 spiro atoms. The van der Waals surface area contributed by atoms with Crippen molar-refractivity contribution in [3.63, 3.8) is 0 Å². The summed E-state index contributed by atoms with van der Waals surface area (Å²) in [5, 5.41) is 3.51. The fourth-order valence-corrected chi connectivity index (χ4v) is 3.08. The second-order valence-electron chi connectivity index (χ2n) is 6.43. The van der Waals surface area contributed by atoms with E-state index < -0.39 is 0 Å². The minimum Gasteiger partial charge on any atom is -0.314 e. The van der Waals surface area contributed by atoms with Gasteiger partial charge in [0.2, 0.25) is 0 Å². The van der Waals surface area contributed by atoms with Gasteiger partial charge in [0, 0.05) is 24.2 Å². The molecule has 1 fully saturated rings. The Morgan fingerprint density at radius 2 is 1.78 bits per heavy atom. The van der Waals surface area contributed by atoms with Crippen molar-refractivity contribution in [2.75, 3.05) is 34.2 Å². The van der Waals surface area contributed by atoms with Crippen molar-refractivity contribution in [3.8, 4) is 0 Å². The van der Waals surface area contributed by atoms with Gasteiger partial charge in [-0.25, -0.2) is 0 Å². The minimum atomic E-state index is 0.449. The van der Waals surface area contributed by atoms with Gasteiger partial charge in [0.1, 0.15) is 0 Å². The first kappa shape index (κ1) is 15.9. The molecule has 0 aromatic heterocycles. The third kappa shape index (κ3) is 3.94. The molecule has 1 N–H and O–H groups in total. The molecule has 0 aliphatic heterocycles. The van der Waals surface area contributed by atoms with Crippen molar-refractivity contribution in [2.45, 2.75) is 64.1 Å². The summed E-state index contributed by atoms with van der Waals surface area (Å²) >= 11 is 0. The molecule has 0 aromatic rings. The van der Waals surface area contributed by atoms with Crippen LogP contribution in [0.25, 0.3) is 0 Å². The SMILES string of the molecule is CCNC(C)CC(C)N(C)CC1(N(C)C)CCC1. The average Bonchev–Trinajstić information content (AvgIpc) is 2.22. The molecular weight excluding hydrogens is 222 g/mol. The number of rotatable bonds is 8. The highest BCUT2D eigenvalue weighted by Gasteiger charge is 2.40. The van der Waals surface area contributed by atoms with Crippen molar-refractivity contribution in [3.05, 3.63) is 0 Å². The van der Waals surface area contributed by atoms with Gasteiger partial charge in [-0.2, -0.15) is 0 Å². The fourth-order valence-electron chi connectivity index (χ4n) is 3.08. The zero-order valence-corrected chi connectivity index (χ0v) is 13.3. The van der Waals surface area contributed by atoms with Crippen LogP contribution in [0.4, 0.5) is 0 Å². The predicted octanol–water partition coefficient (Wildman–Crippen LogP) is 2.18. The Bertz CT molecular complexity index is 236. The first-order chi connectivity index (χ1) is 8.41. The lowest BCUT2D eigenvalue weighted by Gasteiger charge is -2.50. The second-order valence-corrected chi connectivity index (χ2v) is 6.43. The highest BCUT2D eigenvalue weighted by molar-refractivity contribution is 4.98. The van der Waals surface area contributed by atoms with Crippen molar-refractivity contribution in [2.24, 2.45) is 0 Å². The van der Waals surface area contributed by atoms with E-state index in [-0.39, 0.29) is 0 Å². The number of nitrogens with zero attached hydrogens (tertiary/aromatic N) is 2. The van der Waals surface area contributed by atoms with Crippen molar-refractivity contribution < 1.29 is 0 Å². The summed E-state index contributed by atoms with van der Waals surface area (Å²) in [4.78, 5) is 4.99. The maximum absolute atomic E-state index is 3.51. The summed E-state index contributed by atoms with van der Waals surface area (Å²) in [6, 6.07) is 1.26. The lowest BCUT2D eigenvalue weighted by atomic mass is 9.75. The second kappa shape index (κ2) is 6.88. The van der Waals surface area contributed by atoms with E-state index in [2.05, 4.69) is 57.0 Å². The van der Waals surface area contributed by atoms with Gasteiger partial charge in [-0.1, -0.05) is 6.92 Å². The van der Waals surface area contributed by atoms with Crippen molar-refractivity contribution in [1.29, 1.82) is 0 Å².